The Bertz CT molecular complexity index is 867. The average Bonchev–Trinajstić information content (AvgIpc) is 2.83. The van der Waals surface area contributed by atoms with E-state index >= 15 is 0 Å². The Kier molecular flexibility index (Phi) is 5.56. The van der Waals surface area contributed by atoms with Crippen molar-refractivity contribution in [2.45, 2.75) is 13.8 Å². The molecule has 0 radical (unpaired) electrons. The number of allylic oxidation sites excluding steroid dienone is 2. The molecule has 1 aromatic rings. The van der Waals surface area contributed by atoms with E-state index in [-0.39, 0.29) is 17.0 Å². The number of ether oxygens (including phenoxy) is 2. The summed E-state index contributed by atoms with van der Waals surface area (Å²) in [6.07, 6.45) is 6.14. The fourth-order valence-corrected chi connectivity index (χ4v) is 2.73. The number of hydrogen-bond acceptors (Lipinski definition) is 7. The van der Waals surface area contributed by atoms with E-state index in [4.69, 9.17) is 9.47 Å². The van der Waals surface area contributed by atoms with Crippen molar-refractivity contribution in [3.05, 3.63) is 69.1 Å². The maximum atomic E-state index is 12.4. The molecule has 0 saturated carbocycles. The van der Waals surface area contributed by atoms with Crippen LogP contribution >= 0.6 is 0 Å². The largest absolute Gasteiger partial charge is 0.465 e. The van der Waals surface area contributed by atoms with Gasteiger partial charge in [-0.05, 0) is 31.6 Å². The highest BCUT2D eigenvalue weighted by atomic mass is 16.6. The number of anilines is 1. The van der Waals surface area contributed by atoms with Crippen LogP contribution in [-0.4, -0.2) is 31.1 Å². The summed E-state index contributed by atoms with van der Waals surface area (Å²) < 4.78 is 9.59. The SMILES string of the molecule is COC(=O)C1=C(C(=O)OC)N(c2c(C)ccc([N+](=O)[O-])c2C)C=CC=C1. The van der Waals surface area contributed by atoms with E-state index in [1.54, 1.807) is 32.1 Å². The Balaban J connectivity index is 2.82. The zero-order valence-corrected chi connectivity index (χ0v) is 14.8. The molecule has 2 rings (SSSR count). The molecule has 0 fully saturated rings. The van der Waals surface area contributed by atoms with Crippen molar-refractivity contribution in [3.63, 3.8) is 0 Å². The normalized spacial score (nSPS) is 13.5. The number of benzene rings is 1. The number of methoxy groups -OCH3 is 2. The fraction of sp³-hybridized carbons (Fsp3) is 0.222. The van der Waals surface area contributed by atoms with E-state index in [2.05, 4.69) is 0 Å². The number of aryl methyl sites for hydroxylation is 1. The van der Waals surface area contributed by atoms with Crippen LogP contribution in [0.3, 0.4) is 0 Å². The van der Waals surface area contributed by atoms with Crippen LogP contribution in [0.2, 0.25) is 0 Å². The van der Waals surface area contributed by atoms with Crippen LogP contribution in [0.15, 0.2) is 47.8 Å². The Labute approximate surface area is 150 Å². The quantitative estimate of drug-likeness (QED) is 0.463. The second-order valence-electron chi connectivity index (χ2n) is 5.45. The van der Waals surface area contributed by atoms with Gasteiger partial charge in [-0.15, -0.1) is 0 Å². The molecule has 0 bridgehead atoms. The van der Waals surface area contributed by atoms with Crippen molar-refractivity contribution < 1.29 is 24.0 Å². The molecule has 0 aromatic heterocycles. The molecule has 136 valence electrons. The van der Waals surface area contributed by atoms with Gasteiger partial charge in [0.15, 0.2) is 0 Å². The molecule has 0 aliphatic carbocycles. The highest BCUT2D eigenvalue weighted by Crippen LogP contribution is 2.36. The highest BCUT2D eigenvalue weighted by Gasteiger charge is 2.30. The third-order valence-electron chi connectivity index (χ3n) is 3.93. The van der Waals surface area contributed by atoms with Crippen LogP contribution in [0.4, 0.5) is 11.4 Å². The average molecular weight is 358 g/mol. The summed E-state index contributed by atoms with van der Waals surface area (Å²) in [6.45, 7) is 3.34. The topological polar surface area (TPSA) is 99.0 Å². The van der Waals surface area contributed by atoms with Crippen LogP contribution in [0.1, 0.15) is 11.1 Å². The molecule has 0 unspecified atom stereocenters. The fourth-order valence-electron chi connectivity index (χ4n) is 2.73. The van der Waals surface area contributed by atoms with Crippen molar-refractivity contribution in [2.24, 2.45) is 0 Å². The lowest BCUT2D eigenvalue weighted by atomic mass is 10.0. The molecule has 1 aliphatic heterocycles. The summed E-state index contributed by atoms with van der Waals surface area (Å²) in [4.78, 5) is 36.8. The molecule has 0 amide bonds. The minimum absolute atomic E-state index is 0.0188. The molecular weight excluding hydrogens is 340 g/mol. The van der Waals surface area contributed by atoms with Crippen molar-refractivity contribution >= 4 is 23.3 Å². The van der Waals surface area contributed by atoms with Gasteiger partial charge in [-0.2, -0.15) is 0 Å². The summed E-state index contributed by atoms with van der Waals surface area (Å²) in [5.41, 5.74) is 1.25. The zero-order valence-electron chi connectivity index (χ0n) is 14.8. The number of hydrogen-bond donors (Lipinski definition) is 0. The molecule has 0 saturated heterocycles. The molecule has 0 atom stereocenters. The van der Waals surface area contributed by atoms with Crippen molar-refractivity contribution in [1.82, 2.24) is 0 Å². The van der Waals surface area contributed by atoms with Crippen LogP contribution in [0, 0.1) is 24.0 Å². The van der Waals surface area contributed by atoms with E-state index in [1.807, 2.05) is 0 Å². The summed E-state index contributed by atoms with van der Waals surface area (Å²) >= 11 is 0. The van der Waals surface area contributed by atoms with Gasteiger partial charge in [-0.1, -0.05) is 12.1 Å². The predicted octanol–water partition coefficient (Wildman–Crippen LogP) is 2.70. The molecule has 0 N–H and O–H groups in total. The Morgan fingerprint density at radius 1 is 1.08 bits per heavy atom. The van der Waals surface area contributed by atoms with Crippen LogP contribution < -0.4 is 4.90 Å². The molecule has 8 heteroatoms. The van der Waals surface area contributed by atoms with Gasteiger partial charge >= 0.3 is 11.9 Å². The minimum atomic E-state index is -0.771. The second-order valence-corrected chi connectivity index (χ2v) is 5.45. The molecule has 0 spiro atoms. The maximum Gasteiger partial charge on any atom is 0.355 e. The number of rotatable bonds is 4. The Hall–Kier alpha value is -3.42. The van der Waals surface area contributed by atoms with Crippen molar-refractivity contribution in [1.29, 1.82) is 0 Å². The van der Waals surface area contributed by atoms with Crippen molar-refractivity contribution in [2.75, 3.05) is 19.1 Å². The number of nitrogens with zero attached hydrogens (tertiary/aromatic N) is 2. The maximum absolute atomic E-state index is 12.4. The highest BCUT2D eigenvalue weighted by molar-refractivity contribution is 6.05. The number of nitro benzene ring substituents is 1. The van der Waals surface area contributed by atoms with Crippen LogP contribution in [-0.2, 0) is 19.1 Å². The number of carbonyl (C=O) groups excluding carboxylic acids is 2. The van der Waals surface area contributed by atoms with Crippen molar-refractivity contribution in [3.8, 4) is 0 Å². The zero-order chi connectivity index (χ0) is 19.4. The third kappa shape index (κ3) is 3.34. The smallest absolute Gasteiger partial charge is 0.355 e. The second kappa shape index (κ2) is 7.64. The van der Waals surface area contributed by atoms with Gasteiger partial charge in [-0.3, -0.25) is 10.1 Å². The first-order valence-corrected chi connectivity index (χ1v) is 7.63. The summed E-state index contributed by atoms with van der Waals surface area (Å²) in [5, 5.41) is 11.3. The molecule has 8 nitrogen and oxygen atoms in total. The van der Waals surface area contributed by atoms with Gasteiger partial charge in [0.05, 0.1) is 36.0 Å². The lowest BCUT2D eigenvalue weighted by Gasteiger charge is -2.26. The van der Waals surface area contributed by atoms with E-state index in [9.17, 15) is 19.7 Å². The van der Waals surface area contributed by atoms with E-state index in [0.717, 1.165) is 0 Å². The van der Waals surface area contributed by atoms with Crippen LogP contribution in [0.5, 0.6) is 0 Å². The van der Waals surface area contributed by atoms with Gasteiger partial charge in [0.25, 0.3) is 5.69 Å². The Morgan fingerprint density at radius 3 is 2.31 bits per heavy atom. The van der Waals surface area contributed by atoms with Gasteiger partial charge in [0, 0.05) is 12.3 Å². The first-order chi connectivity index (χ1) is 12.3. The summed E-state index contributed by atoms with van der Waals surface area (Å²) in [7, 11) is 2.39. The summed E-state index contributed by atoms with van der Waals surface area (Å²) in [5.74, 6) is -1.50. The minimum Gasteiger partial charge on any atom is -0.465 e. The monoisotopic (exact) mass is 358 g/mol. The molecule has 1 aromatic carbocycles. The molecule has 26 heavy (non-hydrogen) atoms. The van der Waals surface area contributed by atoms with Gasteiger partial charge in [-0.25, -0.2) is 9.59 Å². The molecular formula is C18H18N2O6. The standard InChI is InChI=1S/C18H18N2O6/c1-11-8-9-14(20(23)24)12(2)15(11)19-10-6-5-7-13(17(21)25-3)16(19)18(22)26-4/h5-10H,1-4H3. The van der Waals surface area contributed by atoms with E-state index in [1.165, 1.54) is 37.5 Å². The van der Waals surface area contributed by atoms with Gasteiger partial charge in [0.2, 0.25) is 0 Å². The third-order valence-corrected chi connectivity index (χ3v) is 3.93. The molecule has 1 heterocycles. The van der Waals surface area contributed by atoms with Gasteiger partial charge in [0.1, 0.15) is 5.70 Å². The number of carbonyl (C=O) groups is 2. The summed E-state index contributed by atoms with van der Waals surface area (Å²) in [6, 6.07) is 2.98. The number of nitro groups is 1. The predicted molar refractivity (Wildman–Crippen MR) is 94.4 cm³/mol. The lowest BCUT2D eigenvalue weighted by molar-refractivity contribution is -0.385. The number of esters is 2. The Morgan fingerprint density at radius 2 is 1.73 bits per heavy atom. The van der Waals surface area contributed by atoms with E-state index in [0.29, 0.717) is 16.8 Å². The van der Waals surface area contributed by atoms with Crippen LogP contribution in [0.25, 0.3) is 0 Å². The van der Waals surface area contributed by atoms with E-state index < -0.39 is 16.9 Å². The first-order valence-electron chi connectivity index (χ1n) is 7.63. The molecule has 1 aliphatic rings. The lowest BCUT2D eigenvalue weighted by Crippen LogP contribution is -2.28. The first kappa shape index (κ1) is 18.9. The van der Waals surface area contributed by atoms with Gasteiger partial charge < -0.3 is 14.4 Å².